The first-order valence-electron chi connectivity index (χ1n) is 6.88. The normalized spacial score (nSPS) is 17.8. The van der Waals surface area contributed by atoms with Gasteiger partial charge >= 0.3 is 0 Å². The SMILES string of the molecule is O.O=CCC(CC1CCCCC1)c1ccccc1. The van der Waals surface area contributed by atoms with E-state index >= 15 is 0 Å². The van der Waals surface area contributed by atoms with E-state index in [1.807, 2.05) is 6.07 Å². The quantitative estimate of drug-likeness (QED) is 0.736. The zero-order chi connectivity index (χ0) is 11.9. The fourth-order valence-electron chi connectivity index (χ4n) is 3.03. The molecule has 18 heavy (non-hydrogen) atoms. The average molecular weight is 248 g/mol. The van der Waals surface area contributed by atoms with Crippen molar-refractivity contribution < 1.29 is 10.3 Å². The monoisotopic (exact) mass is 248 g/mol. The van der Waals surface area contributed by atoms with Crippen LogP contribution >= 0.6 is 0 Å². The number of rotatable bonds is 5. The predicted octanol–water partition coefficient (Wildman–Crippen LogP) is 3.50. The first-order chi connectivity index (χ1) is 8.40. The van der Waals surface area contributed by atoms with E-state index in [-0.39, 0.29) is 5.48 Å². The van der Waals surface area contributed by atoms with Crippen LogP contribution in [-0.4, -0.2) is 11.8 Å². The topological polar surface area (TPSA) is 48.6 Å². The van der Waals surface area contributed by atoms with Crippen molar-refractivity contribution in [2.45, 2.75) is 50.9 Å². The lowest BCUT2D eigenvalue weighted by atomic mass is 9.80. The van der Waals surface area contributed by atoms with Crippen molar-refractivity contribution in [2.75, 3.05) is 0 Å². The molecule has 1 unspecified atom stereocenters. The predicted molar refractivity (Wildman–Crippen MR) is 74.7 cm³/mol. The Labute approximate surface area is 110 Å². The number of hydrogen-bond donors (Lipinski definition) is 0. The van der Waals surface area contributed by atoms with E-state index in [4.69, 9.17) is 0 Å². The molecule has 2 N–H and O–H groups in total. The molecule has 1 saturated carbocycles. The minimum Gasteiger partial charge on any atom is -0.412 e. The first-order valence-corrected chi connectivity index (χ1v) is 6.88. The Balaban J connectivity index is 0.00000162. The highest BCUT2D eigenvalue weighted by Gasteiger charge is 2.19. The summed E-state index contributed by atoms with van der Waals surface area (Å²) in [5.74, 6) is 1.28. The van der Waals surface area contributed by atoms with Crippen LogP contribution < -0.4 is 0 Å². The van der Waals surface area contributed by atoms with Gasteiger partial charge in [0.05, 0.1) is 0 Å². The Bertz CT molecular complexity index is 328. The highest BCUT2D eigenvalue weighted by atomic mass is 16.1. The molecule has 1 aliphatic carbocycles. The number of benzene rings is 1. The third kappa shape index (κ3) is 4.26. The van der Waals surface area contributed by atoms with Gasteiger partial charge in [0.2, 0.25) is 0 Å². The molecular weight excluding hydrogens is 224 g/mol. The molecule has 0 heterocycles. The average Bonchev–Trinajstić information content (AvgIpc) is 2.40. The van der Waals surface area contributed by atoms with Crippen LogP contribution in [0.5, 0.6) is 0 Å². The fraction of sp³-hybridized carbons (Fsp3) is 0.562. The van der Waals surface area contributed by atoms with Crippen molar-refractivity contribution in [1.29, 1.82) is 0 Å². The third-order valence-electron chi connectivity index (χ3n) is 3.99. The van der Waals surface area contributed by atoms with Gasteiger partial charge in [0, 0.05) is 6.42 Å². The number of hydrogen-bond acceptors (Lipinski definition) is 1. The zero-order valence-electron chi connectivity index (χ0n) is 11.0. The molecule has 1 atom stereocenters. The Kier molecular flexibility index (Phi) is 6.66. The summed E-state index contributed by atoms with van der Waals surface area (Å²) in [4.78, 5) is 10.8. The molecule has 0 spiro atoms. The minimum absolute atomic E-state index is 0. The van der Waals surface area contributed by atoms with Crippen LogP contribution in [0.4, 0.5) is 0 Å². The van der Waals surface area contributed by atoms with Gasteiger partial charge in [-0.05, 0) is 23.8 Å². The van der Waals surface area contributed by atoms with E-state index in [1.165, 1.54) is 44.1 Å². The maximum Gasteiger partial charge on any atom is 0.120 e. The fourth-order valence-corrected chi connectivity index (χ4v) is 3.03. The highest BCUT2D eigenvalue weighted by molar-refractivity contribution is 5.51. The molecule has 0 amide bonds. The second-order valence-corrected chi connectivity index (χ2v) is 5.25. The first kappa shape index (κ1) is 14.9. The molecule has 1 aliphatic rings. The summed E-state index contributed by atoms with van der Waals surface area (Å²) in [6.45, 7) is 0. The number of aldehydes is 1. The second kappa shape index (κ2) is 8.04. The van der Waals surface area contributed by atoms with Crippen LogP contribution in [0.1, 0.15) is 56.4 Å². The lowest BCUT2D eigenvalue weighted by Crippen LogP contribution is -2.11. The summed E-state index contributed by atoms with van der Waals surface area (Å²) in [6.07, 6.45) is 9.86. The summed E-state index contributed by atoms with van der Waals surface area (Å²) in [5, 5.41) is 0. The van der Waals surface area contributed by atoms with E-state index in [0.717, 1.165) is 12.2 Å². The molecule has 2 rings (SSSR count). The molecule has 1 aromatic rings. The van der Waals surface area contributed by atoms with Gasteiger partial charge in [-0.2, -0.15) is 0 Å². The molecule has 2 nitrogen and oxygen atoms in total. The van der Waals surface area contributed by atoms with Crippen LogP contribution in [0, 0.1) is 5.92 Å². The van der Waals surface area contributed by atoms with Crippen molar-refractivity contribution in [3.05, 3.63) is 35.9 Å². The summed E-state index contributed by atoms with van der Waals surface area (Å²) in [6, 6.07) is 10.5. The maximum atomic E-state index is 10.8. The molecule has 0 aliphatic heterocycles. The molecule has 2 heteroatoms. The minimum atomic E-state index is 0. The summed E-state index contributed by atoms with van der Waals surface area (Å²) in [7, 11) is 0. The number of carbonyl (C=O) groups excluding carboxylic acids is 1. The lowest BCUT2D eigenvalue weighted by molar-refractivity contribution is -0.108. The van der Waals surface area contributed by atoms with E-state index < -0.39 is 0 Å². The van der Waals surface area contributed by atoms with Crippen molar-refractivity contribution in [3.63, 3.8) is 0 Å². The zero-order valence-corrected chi connectivity index (χ0v) is 11.0. The van der Waals surface area contributed by atoms with Gasteiger partial charge < -0.3 is 10.3 Å². The van der Waals surface area contributed by atoms with Gasteiger partial charge in [-0.3, -0.25) is 0 Å². The maximum absolute atomic E-state index is 10.8. The highest BCUT2D eigenvalue weighted by Crippen LogP contribution is 2.34. The smallest absolute Gasteiger partial charge is 0.120 e. The van der Waals surface area contributed by atoms with Crippen LogP contribution in [0.25, 0.3) is 0 Å². The molecule has 0 saturated heterocycles. The Morgan fingerprint density at radius 3 is 2.39 bits per heavy atom. The van der Waals surface area contributed by atoms with E-state index in [9.17, 15) is 4.79 Å². The van der Waals surface area contributed by atoms with Gasteiger partial charge in [-0.15, -0.1) is 0 Å². The van der Waals surface area contributed by atoms with E-state index in [0.29, 0.717) is 12.3 Å². The van der Waals surface area contributed by atoms with Crippen LogP contribution in [-0.2, 0) is 4.79 Å². The molecule has 1 fully saturated rings. The molecule has 0 aromatic heterocycles. The Morgan fingerprint density at radius 1 is 1.11 bits per heavy atom. The van der Waals surface area contributed by atoms with Crippen molar-refractivity contribution in [1.82, 2.24) is 0 Å². The molecule has 0 bridgehead atoms. The van der Waals surface area contributed by atoms with Crippen LogP contribution in [0.2, 0.25) is 0 Å². The molecule has 1 aromatic carbocycles. The third-order valence-corrected chi connectivity index (χ3v) is 3.99. The van der Waals surface area contributed by atoms with Gasteiger partial charge in [-0.25, -0.2) is 0 Å². The summed E-state index contributed by atoms with van der Waals surface area (Å²) >= 11 is 0. The van der Waals surface area contributed by atoms with Gasteiger partial charge in [0.1, 0.15) is 6.29 Å². The van der Waals surface area contributed by atoms with E-state index in [2.05, 4.69) is 24.3 Å². The van der Waals surface area contributed by atoms with Crippen molar-refractivity contribution in [3.8, 4) is 0 Å². The van der Waals surface area contributed by atoms with Crippen LogP contribution in [0.15, 0.2) is 30.3 Å². The standard InChI is InChI=1S/C16H22O.H2O/c17-12-11-16(15-9-5-2-6-10-15)13-14-7-3-1-4-8-14;/h2,5-6,9-10,12,14,16H,1,3-4,7-8,11,13H2;1H2. The Hall–Kier alpha value is -1.15. The summed E-state index contributed by atoms with van der Waals surface area (Å²) < 4.78 is 0. The van der Waals surface area contributed by atoms with Crippen molar-refractivity contribution in [2.24, 2.45) is 5.92 Å². The largest absolute Gasteiger partial charge is 0.412 e. The second-order valence-electron chi connectivity index (χ2n) is 5.25. The molecular formula is C16H24O2. The molecule has 0 radical (unpaired) electrons. The van der Waals surface area contributed by atoms with Gasteiger partial charge in [-0.1, -0.05) is 62.4 Å². The van der Waals surface area contributed by atoms with Gasteiger partial charge in [0.15, 0.2) is 0 Å². The van der Waals surface area contributed by atoms with E-state index in [1.54, 1.807) is 0 Å². The van der Waals surface area contributed by atoms with Crippen molar-refractivity contribution >= 4 is 6.29 Å². The lowest BCUT2D eigenvalue weighted by Gasteiger charge is -2.25. The number of carbonyl (C=O) groups is 1. The van der Waals surface area contributed by atoms with Crippen LogP contribution in [0.3, 0.4) is 0 Å². The Morgan fingerprint density at radius 2 is 1.78 bits per heavy atom. The molecule has 100 valence electrons. The summed E-state index contributed by atoms with van der Waals surface area (Å²) in [5.41, 5.74) is 1.34. The van der Waals surface area contributed by atoms with Gasteiger partial charge in [0.25, 0.3) is 0 Å².